The zero-order valence-corrected chi connectivity index (χ0v) is 21.6. The van der Waals surface area contributed by atoms with Gasteiger partial charge in [0.1, 0.15) is 11.3 Å². The van der Waals surface area contributed by atoms with E-state index in [9.17, 15) is 4.79 Å². The van der Waals surface area contributed by atoms with Gasteiger partial charge in [-0.05, 0) is 30.7 Å². The number of halogens is 2. The summed E-state index contributed by atoms with van der Waals surface area (Å²) in [6, 6.07) is 9.90. The highest BCUT2D eigenvalue weighted by molar-refractivity contribution is 5.92. The standard InChI is InChI=1S/C25H28FN7O3.ClH/c1-14-13-32(20(34)11-18(28)16-6-4-15(12-27)5-7-16)8-9-33(14)25-30-22-17(24(29)31-25)10-19(35-2)23(36-3)21(22)26;/h4-7,10,14,18H,8-9,11,13,28H2,1-3H3,(H2,29,30,31);1H/t14-,18+;/m0./s1. The number of methoxy groups -OCH3 is 2. The molecule has 2 heterocycles. The van der Waals surface area contributed by atoms with Crippen molar-refractivity contribution in [2.45, 2.75) is 25.4 Å². The minimum Gasteiger partial charge on any atom is -0.493 e. The van der Waals surface area contributed by atoms with Gasteiger partial charge in [-0.15, -0.1) is 12.4 Å². The fraction of sp³-hybridized carbons (Fsp3) is 0.360. The third-order valence-corrected chi connectivity index (χ3v) is 6.39. The topological polar surface area (TPSA) is 144 Å². The predicted molar refractivity (Wildman–Crippen MR) is 140 cm³/mol. The van der Waals surface area contributed by atoms with Crippen LogP contribution in [0.15, 0.2) is 30.3 Å². The van der Waals surface area contributed by atoms with Gasteiger partial charge in [-0.1, -0.05) is 12.1 Å². The van der Waals surface area contributed by atoms with Gasteiger partial charge < -0.3 is 30.7 Å². The number of benzene rings is 2. The van der Waals surface area contributed by atoms with Gasteiger partial charge in [0, 0.05) is 43.5 Å². The molecule has 196 valence electrons. The first-order chi connectivity index (χ1) is 17.3. The van der Waals surface area contributed by atoms with E-state index in [-0.39, 0.29) is 59.6 Å². The number of ether oxygens (including phenoxy) is 2. The average Bonchev–Trinajstić information content (AvgIpc) is 2.88. The Hall–Kier alpha value is -3.88. The molecule has 0 spiro atoms. The predicted octanol–water partition coefficient (Wildman–Crippen LogP) is 2.79. The molecule has 0 bridgehead atoms. The molecular formula is C25H29ClFN7O3. The van der Waals surface area contributed by atoms with E-state index in [2.05, 4.69) is 16.0 Å². The second-order valence-electron chi connectivity index (χ2n) is 8.66. The molecular weight excluding hydrogens is 501 g/mol. The highest BCUT2D eigenvalue weighted by Gasteiger charge is 2.30. The maximum Gasteiger partial charge on any atom is 0.228 e. The van der Waals surface area contributed by atoms with Gasteiger partial charge in [-0.25, -0.2) is 9.37 Å². The lowest BCUT2D eigenvalue weighted by Gasteiger charge is -2.40. The van der Waals surface area contributed by atoms with Crippen LogP contribution >= 0.6 is 12.4 Å². The minimum atomic E-state index is -0.680. The zero-order valence-electron chi connectivity index (χ0n) is 20.8. The lowest BCUT2D eigenvalue weighted by atomic mass is 10.0. The van der Waals surface area contributed by atoms with Crippen molar-refractivity contribution in [2.75, 3.05) is 44.5 Å². The zero-order chi connectivity index (χ0) is 26.0. The van der Waals surface area contributed by atoms with Gasteiger partial charge >= 0.3 is 0 Å². The smallest absolute Gasteiger partial charge is 0.228 e. The fourth-order valence-corrected chi connectivity index (χ4v) is 4.39. The summed E-state index contributed by atoms with van der Waals surface area (Å²) < 4.78 is 25.5. The Bertz CT molecular complexity index is 1330. The number of nitriles is 1. The summed E-state index contributed by atoms with van der Waals surface area (Å²) in [6.07, 6.45) is 0.144. The van der Waals surface area contributed by atoms with Crippen molar-refractivity contribution >= 4 is 41.0 Å². The molecule has 4 rings (SSSR count). The molecule has 1 fully saturated rings. The molecule has 1 aliphatic heterocycles. The van der Waals surface area contributed by atoms with Gasteiger partial charge in [0.2, 0.25) is 11.9 Å². The Morgan fingerprint density at radius 2 is 1.95 bits per heavy atom. The van der Waals surface area contributed by atoms with Crippen molar-refractivity contribution in [2.24, 2.45) is 5.73 Å². The fourth-order valence-electron chi connectivity index (χ4n) is 4.39. The molecule has 0 unspecified atom stereocenters. The van der Waals surface area contributed by atoms with Crippen LogP contribution in [0.5, 0.6) is 11.5 Å². The number of aromatic nitrogens is 2. The molecule has 1 aromatic heterocycles. The monoisotopic (exact) mass is 529 g/mol. The molecule has 2 atom stereocenters. The van der Waals surface area contributed by atoms with Crippen LogP contribution in [0.1, 0.15) is 30.5 Å². The number of nitrogen functional groups attached to an aromatic ring is 1. The Morgan fingerprint density at radius 1 is 1.24 bits per heavy atom. The maximum absolute atomic E-state index is 15.2. The van der Waals surface area contributed by atoms with Crippen LogP contribution in [0.2, 0.25) is 0 Å². The van der Waals surface area contributed by atoms with Gasteiger partial charge in [0.05, 0.1) is 25.9 Å². The van der Waals surface area contributed by atoms with Gasteiger partial charge in [-0.3, -0.25) is 4.79 Å². The summed E-state index contributed by atoms with van der Waals surface area (Å²) >= 11 is 0. The number of rotatable bonds is 6. The van der Waals surface area contributed by atoms with Crippen molar-refractivity contribution in [3.05, 3.63) is 47.3 Å². The van der Waals surface area contributed by atoms with E-state index in [1.54, 1.807) is 35.2 Å². The number of piperazine rings is 1. The summed E-state index contributed by atoms with van der Waals surface area (Å²) in [4.78, 5) is 25.4. The molecule has 10 nitrogen and oxygen atoms in total. The average molecular weight is 530 g/mol. The highest BCUT2D eigenvalue weighted by Crippen LogP contribution is 2.37. The van der Waals surface area contributed by atoms with E-state index in [1.165, 1.54) is 14.2 Å². The van der Waals surface area contributed by atoms with Crippen LogP contribution in [0.25, 0.3) is 10.9 Å². The van der Waals surface area contributed by atoms with Crippen LogP contribution in [0.3, 0.4) is 0 Å². The minimum absolute atomic E-state index is 0. The molecule has 2 aromatic carbocycles. The van der Waals surface area contributed by atoms with Crippen molar-refractivity contribution in [3.63, 3.8) is 0 Å². The molecule has 0 saturated carbocycles. The molecule has 37 heavy (non-hydrogen) atoms. The first-order valence-electron chi connectivity index (χ1n) is 11.4. The number of hydrogen-bond acceptors (Lipinski definition) is 9. The second kappa shape index (κ2) is 11.5. The molecule has 4 N–H and O–H groups in total. The molecule has 3 aromatic rings. The van der Waals surface area contributed by atoms with E-state index in [4.69, 9.17) is 26.2 Å². The van der Waals surface area contributed by atoms with Crippen LogP contribution in [0.4, 0.5) is 16.2 Å². The van der Waals surface area contributed by atoms with E-state index >= 15 is 4.39 Å². The number of fused-ring (bicyclic) bond motifs is 1. The molecule has 0 radical (unpaired) electrons. The van der Waals surface area contributed by atoms with E-state index in [1.807, 2.05) is 11.8 Å². The molecule has 1 aliphatic rings. The normalized spacial score (nSPS) is 16.1. The van der Waals surface area contributed by atoms with E-state index < -0.39 is 11.9 Å². The lowest BCUT2D eigenvalue weighted by Crippen LogP contribution is -2.54. The summed E-state index contributed by atoms with van der Waals surface area (Å²) in [6.45, 7) is 3.24. The number of nitrogens with two attached hydrogens (primary N) is 2. The highest BCUT2D eigenvalue weighted by atomic mass is 35.5. The summed E-state index contributed by atoms with van der Waals surface area (Å²) in [7, 11) is 2.76. The van der Waals surface area contributed by atoms with Crippen molar-refractivity contribution in [3.8, 4) is 17.6 Å². The quantitative estimate of drug-likeness (QED) is 0.492. The van der Waals surface area contributed by atoms with Crippen LogP contribution in [0, 0.1) is 17.1 Å². The Morgan fingerprint density at radius 3 is 2.54 bits per heavy atom. The van der Waals surface area contributed by atoms with Gasteiger partial charge in [0.15, 0.2) is 17.3 Å². The second-order valence-corrected chi connectivity index (χ2v) is 8.66. The van der Waals surface area contributed by atoms with Crippen LogP contribution < -0.4 is 25.8 Å². The van der Waals surface area contributed by atoms with E-state index in [0.29, 0.717) is 30.6 Å². The summed E-state index contributed by atoms with van der Waals surface area (Å²) in [5, 5.41) is 9.27. The lowest BCUT2D eigenvalue weighted by molar-refractivity contribution is -0.132. The van der Waals surface area contributed by atoms with Gasteiger partial charge in [-0.2, -0.15) is 10.2 Å². The third kappa shape index (κ3) is 5.45. The number of amides is 1. The number of anilines is 2. The molecule has 1 saturated heterocycles. The van der Waals surface area contributed by atoms with Crippen molar-refractivity contribution in [1.82, 2.24) is 14.9 Å². The van der Waals surface area contributed by atoms with E-state index in [0.717, 1.165) is 5.56 Å². The van der Waals surface area contributed by atoms with Gasteiger partial charge in [0.25, 0.3) is 0 Å². The molecule has 1 amide bonds. The SMILES string of the molecule is COc1cc2c(N)nc(N3CCN(C(=O)C[C@@H](N)c4ccc(C#N)cc4)C[C@@H]3C)nc2c(F)c1OC.Cl. The van der Waals surface area contributed by atoms with Crippen molar-refractivity contribution < 1.29 is 18.7 Å². The Labute approximate surface area is 220 Å². The number of carbonyl (C=O) groups excluding carboxylic acids is 1. The molecule has 12 heteroatoms. The first-order valence-corrected chi connectivity index (χ1v) is 11.4. The number of nitrogens with zero attached hydrogens (tertiary/aromatic N) is 5. The van der Waals surface area contributed by atoms with Crippen LogP contribution in [-0.2, 0) is 4.79 Å². The Balaban J connectivity index is 0.00000380. The van der Waals surface area contributed by atoms with Crippen LogP contribution in [-0.4, -0.2) is 60.7 Å². The maximum atomic E-state index is 15.2. The largest absolute Gasteiger partial charge is 0.493 e. The first kappa shape index (κ1) is 27.7. The summed E-state index contributed by atoms with van der Waals surface area (Å²) in [5.41, 5.74) is 13.8. The summed E-state index contributed by atoms with van der Waals surface area (Å²) in [5.74, 6) is -0.212. The number of carbonyl (C=O) groups is 1. The Kier molecular flexibility index (Phi) is 8.57. The van der Waals surface area contributed by atoms with Crippen molar-refractivity contribution in [1.29, 1.82) is 5.26 Å². The third-order valence-electron chi connectivity index (χ3n) is 6.39. The number of hydrogen-bond donors (Lipinski definition) is 2. The molecule has 0 aliphatic carbocycles.